The van der Waals surface area contributed by atoms with Crippen molar-refractivity contribution in [1.29, 1.82) is 0 Å². The number of rotatable bonds is 3. The second-order valence-electron chi connectivity index (χ2n) is 4.06. The van der Waals surface area contributed by atoms with Crippen LogP contribution in [0.3, 0.4) is 0 Å². The molecule has 0 spiro atoms. The molecule has 2 aromatic carbocycles. The summed E-state index contributed by atoms with van der Waals surface area (Å²) in [5.41, 5.74) is 17.2. The van der Waals surface area contributed by atoms with Crippen LogP contribution in [0.15, 0.2) is 42.5 Å². The molecule has 0 saturated heterocycles. The fourth-order valence-corrected chi connectivity index (χ4v) is 1.69. The van der Waals surface area contributed by atoms with Crippen molar-refractivity contribution in [3.05, 3.63) is 53.6 Å². The van der Waals surface area contributed by atoms with E-state index >= 15 is 0 Å². The minimum absolute atomic E-state index is 0.0165. The molecule has 20 heavy (non-hydrogen) atoms. The Morgan fingerprint density at radius 2 is 1.55 bits per heavy atom. The van der Waals surface area contributed by atoms with E-state index in [-0.39, 0.29) is 22.6 Å². The zero-order chi connectivity index (χ0) is 14.7. The van der Waals surface area contributed by atoms with Crippen LogP contribution in [-0.2, 0) is 0 Å². The largest absolute Gasteiger partial charge is 0.421 e. The molecule has 0 aliphatic heterocycles. The molecule has 2 aromatic rings. The summed E-state index contributed by atoms with van der Waals surface area (Å²) < 4.78 is 5.15. The van der Waals surface area contributed by atoms with Gasteiger partial charge in [-0.2, -0.15) is 0 Å². The minimum atomic E-state index is -0.695. The van der Waals surface area contributed by atoms with Gasteiger partial charge in [-0.1, -0.05) is 18.2 Å². The molecule has 0 aliphatic carbocycles. The van der Waals surface area contributed by atoms with E-state index in [4.69, 9.17) is 21.9 Å². The lowest BCUT2D eigenvalue weighted by molar-refractivity contribution is 0.0736. The Kier molecular flexibility index (Phi) is 3.56. The van der Waals surface area contributed by atoms with Gasteiger partial charge in [0.05, 0.1) is 16.8 Å². The van der Waals surface area contributed by atoms with E-state index in [9.17, 15) is 9.59 Å². The highest BCUT2D eigenvalue weighted by Gasteiger charge is 2.16. The van der Waals surface area contributed by atoms with Gasteiger partial charge in [-0.05, 0) is 24.3 Å². The van der Waals surface area contributed by atoms with Crippen molar-refractivity contribution in [1.82, 2.24) is 0 Å². The lowest BCUT2D eigenvalue weighted by Crippen LogP contribution is -2.16. The molecule has 6 nitrogen and oxygen atoms in total. The third-order valence-electron chi connectivity index (χ3n) is 2.71. The first-order valence-corrected chi connectivity index (χ1v) is 5.75. The fraction of sp³-hybridized carbons (Fsp3) is 0. The van der Waals surface area contributed by atoms with Crippen LogP contribution < -0.4 is 21.9 Å². The van der Waals surface area contributed by atoms with Crippen LogP contribution in [0.2, 0.25) is 0 Å². The molecule has 0 unspecified atom stereocenters. The van der Waals surface area contributed by atoms with Gasteiger partial charge in [0.15, 0.2) is 5.75 Å². The summed E-state index contributed by atoms with van der Waals surface area (Å²) in [4.78, 5) is 23.2. The second kappa shape index (κ2) is 5.31. The molecule has 6 heteroatoms. The van der Waals surface area contributed by atoms with Gasteiger partial charge in [0.1, 0.15) is 0 Å². The minimum Gasteiger partial charge on any atom is -0.421 e. The van der Waals surface area contributed by atoms with E-state index in [1.807, 2.05) is 0 Å². The summed E-state index contributed by atoms with van der Waals surface area (Å²) in [5.74, 6) is -1.29. The van der Waals surface area contributed by atoms with Gasteiger partial charge in [-0.15, -0.1) is 0 Å². The average Bonchev–Trinajstić information content (AvgIpc) is 2.41. The van der Waals surface area contributed by atoms with Gasteiger partial charge in [-0.25, -0.2) is 4.79 Å². The van der Waals surface area contributed by atoms with Crippen LogP contribution in [-0.4, -0.2) is 11.9 Å². The first kappa shape index (κ1) is 13.4. The molecule has 0 heterocycles. The number of nitrogens with two attached hydrogens (primary N) is 3. The highest BCUT2D eigenvalue weighted by atomic mass is 16.5. The first-order valence-electron chi connectivity index (χ1n) is 5.75. The van der Waals surface area contributed by atoms with E-state index in [1.165, 1.54) is 24.3 Å². The van der Waals surface area contributed by atoms with Crippen molar-refractivity contribution in [2.45, 2.75) is 0 Å². The first-order chi connectivity index (χ1) is 9.50. The number of benzene rings is 2. The zero-order valence-corrected chi connectivity index (χ0v) is 10.5. The van der Waals surface area contributed by atoms with Gasteiger partial charge in [0, 0.05) is 5.69 Å². The van der Waals surface area contributed by atoms with Gasteiger partial charge in [0.25, 0.3) is 5.91 Å². The zero-order valence-electron chi connectivity index (χ0n) is 10.5. The summed E-state index contributed by atoms with van der Waals surface area (Å²) >= 11 is 0. The number of primary amides is 1. The van der Waals surface area contributed by atoms with E-state index in [2.05, 4.69) is 0 Å². The number of esters is 1. The molecule has 0 aromatic heterocycles. The number of ether oxygens (including phenoxy) is 1. The average molecular weight is 271 g/mol. The summed E-state index contributed by atoms with van der Waals surface area (Å²) in [5, 5.41) is 0. The highest BCUT2D eigenvalue weighted by molar-refractivity contribution is 6.01. The number of anilines is 2. The number of amides is 1. The highest BCUT2D eigenvalue weighted by Crippen LogP contribution is 2.26. The Labute approximate surface area is 115 Å². The maximum atomic E-state index is 12.0. The Morgan fingerprint density at radius 3 is 2.20 bits per heavy atom. The molecule has 102 valence electrons. The molecule has 0 saturated carbocycles. The summed E-state index contributed by atoms with van der Waals surface area (Å²) in [7, 11) is 0. The summed E-state index contributed by atoms with van der Waals surface area (Å²) in [6, 6.07) is 10.9. The maximum absolute atomic E-state index is 12.0. The van der Waals surface area contributed by atoms with Crippen molar-refractivity contribution in [2.75, 3.05) is 11.5 Å². The molecule has 0 atom stereocenters. The van der Waals surface area contributed by atoms with Crippen LogP contribution >= 0.6 is 0 Å². The molecular formula is C14H13N3O3. The monoisotopic (exact) mass is 271 g/mol. The number of carbonyl (C=O) groups excluding carboxylic acids is 2. The molecule has 6 N–H and O–H groups in total. The SMILES string of the molecule is NC(=O)c1cccc(OC(=O)c2ccccc2N)c1N. The number of nitrogen functional groups attached to an aromatic ring is 2. The van der Waals surface area contributed by atoms with E-state index < -0.39 is 11.9 Å². The van der Waals surface area contributed by atoms with E-state index in [0.717, 1.165) is 0 Å². The lowest BCUT2D eigenvalue weighted by Gasteiger charge is -2.10. The molecule has 0 bridgehead atoms. The number of hydrogen-bond acceptors (Lipinski definition) is 5. The number of carbonyl (C=O) groups is 2. The number of para-hydroxylation sites is 2. The predicted octanol–water partition coefficient (Wildman–Crippen LogP) is 1.17. The van der Waals surface area contributed by atoms with Crippen LogP contribution in [0.1, 0.15) is 20.7 Å². The predicted molar refractivity (Wildman–Crippen MR) is 75.2 cm³/mol. The standard InChI is InChI=1S/C14H13N3O3/c15-10-6-2-1-4-8(10)14(19)20-11-7-3-5-9(12(11)16)13(17)18/h1-7H,15-16H2,(H2,17,18). The third-order valence-corrected chi connectivity index (χ3v) is 2.71. The van der Waals surface area contributed by atoms with Crippen LogP contribution in [0.5, 0.6) is 5.75 Å². The smallest absolute Gasteiger partial charge is 0.345 e. The molecule has 1 amide bonds. The van der Waals surface area contributed by atoms with E-state index in [0.29, 0.717) is 5.69 Å². The molecule has 0 aliphatic rings. The maximum Gasteiger partial charge on any atom is 0.345 e. The van der Waals surface area contributed by atoms with Crippen molar-refractivity contribution >= 4 is 23.3 Å². The quantitative estimate of drug-likeness (QED) is 0.439. The molecular weight excluding hydrogens is 258 g/mol. The summed E-state index contributed by atoms with van der Waals surface area (Å²) in [6.45, 7) is 0. The third kappa shape index (κ3) is 2.54. The Balaban J connectivity index is 2.32. The van der Waals surface area contributed by atoms with E-state index in [1.54, 1.807) is 18.2 Å². The van der Waals surface area contributed by atoms with Crippen LogP contribution in [0, 0.1) is 0 Å². The topological polar surface area (TPSA) is 121 Å². The van der Waals surface area contributed by atoms with Gasteiger partial charge >= 0.3 is 5.97 Å². The summed E-state index contributed by atoms with van der Waals surface area (Å²) in [6.07, 6.45) is 0. The van der Waals surface area contributed by atoms with Crippen LogP contribution in [0.4, 0.5) is 11.4 Å². The fourth-order valence-electron chi connectivity index (χ4n) is 1.69. The van der Waals surface area contributed by atoms with Crippen LogP contribution in [0.25, 0.3) is 0 Å². The molecule has 0 radical (unpaired) electrons. The lowest BCUT2D eigenvalue weighted by atomic mass is 10.1. The van der Waals surface area contributed by atoms with Crippen molar-refractivity contribution in [3.63, 3.8) is 0 Å². The van der Waals surface area contributed by atoms with Gasteiger partial charge < -0.3 is 21.9 Å². The van der Waals surface area contributed by atoms with Gasteiger partial charge in [0.2, 0.25) is 0 Å². The van der Waals surface area contributed by atoms with Gasteiger partial charge in [-0.3, -0.25) is 4.79 Å². The van der Waals surface area contributed by atoms with Crippen molar-refractivity contribution < 1.29 is 14.3 Å². The Bertz CT molecular complexity index is 683. The number of hydrogen-bond donors (Lipinski definition) is 3. The Hall–Kier alpha value is -3.02. The normalized spacial score (nSPS) is 10.0. The Morgan fingerprint density at radius 1 is 0.900 bits per heavy atom. The molecule has 2 rings (SSSR count). The van der Waals surface area contributed by atoms with Crippen molar-refractivity contribution in [2.24, 2.45) is 5.73 Å². The second-order valence-corrected chi connectivity index (χ2v) is 4.06. The van der Waals surface area contributed by atoms with Crippen molar-refractivity contribution in [3.8, 4) is 5.75 Å². The molecule has 0 fully saturated rings.